The molecular weight excluding hydrogens is 458 g/mol. The SMILES string of the molecule is Cc1nn(-c2ccccc2)c2sc(C(=O)N(C)CCCOc3cccc(S(C)(=O)=O)c3)cc12. The normalized spacial score (nSPS) is 11.6. The number of hydrogen-bond acceptors (Lipinski definition) is 6. The highest BCUT2D eigenvalue weighted by molar-refractivity contribution is 7.90. The topological polar surface area (TPSA) is 81.5 Å². The summed E-state index contributed by atoms with van der Waals surface area (Å²) in [6.45, 7) is 2.84. The molecule has 1 amide bonds. The predicted octanol–water partition coefficient (Wildman–Crippen LogP) is 4.34. The van der Waals surface area contributed by atoms with Crippen LogP contribution in [0.1, 0.15) is 21.8 Å². The van der Waals surface area contributed by atoms with Crippen molar-refractivity contribution in [3.05, 3.63) is 71.2 Å². The van der Waals surface area contributed by atoms with Gasteiger partial charge in [0.05, 0.1) is 27.8 Å². The molecule has 0 spiro atoms. The third kappa shape index (κ3) is 5.09. The quantitative estimate of drug-likeness (QED) is 0.348. The summed E-state index contributed by atoms with van der Waals surface area (Å²) in [5, 5.41) is 5.61. The Morgan fingerprint density at radius 3 is 2.61 bits per heavy atom. The number of amides is 1. The van der Waals surface area contributed by atoms with E-state index in [0.717, 1.165) is 21.6 Å². The van der Waals surface area contributed by atoms with Crippen LogP contribution in [0.2, 0.25) is 0 Å². The lowest BCUT2D eigenvalue weighted by atomic mass is 10.3. The fraction of sp³-hybridized carbons (Fsp3) is 0.250. The van der Waals surface area contributed by atoms with E-state index in [1.807, 2.05) is 48.0 Å². The van der Waals surface area contributed by atoms with Gasteiger partial charge in [-0.05, 0) is 49.7 Å². The molecule has 2 aromatic carbocycles. The minimum absolute atomic E-state index is 0.0470. The average molecular weight is 484 g/mol. The van der Waals surface area contributed by atoms with Crippen molar-refractivity contribution in [2.75, 3.05) is 26.5 Å². The summed E-state index contributed by atoms with van der Waals surface area (Å²) >= 11 is 1.44. The zero-order chi connectivity index (χ0) is 23.6. The molecule has 172 valence electrons. The molecule has 2 aromatic heterocycles. The minimum atomic E-state index is -3.28. The number of carbonyl (C=O) groups excluding carboxylic acids is 1. The molecular formula is C24H25N3O4S2. The number of benzene rings is 2. The van der Waals surface area contributed by atoms with Crippen LogP contribution in [0.5, 0.6) is 5.75 Å². The first kappa shape index (κ1) is 23.0. The third-order valence-electron chi connectivity index (χ3n) is 5.24. The Labute approximate surface area is 197 Å². The van der Waals surface area contributed by atoms with Gasteiger partial charge in [-0.2, -0.15) is 5.10 Å². The van der Waals surface area contributed by atoms with Crippen molar-refractivity contribution >= 4 is 37.3 Å². The molecule has 0 saturated heterocycles. The molecule has 0 fully saturated rings. The van der Waals surface area contributed by atoms with Gasteiger partial charge < -0.3 is 9.64 Å². The van der Waals surface area contributed by atoms with E-state index in [2.05, 4.69) is 5.10 Å². The van der Waals surface area contributed by atoms with Crippen molar-refractivity contribution in [3.63, 3.8) is 0 Å². The summed E-state index contributed by atoms with van der Waals surface area (Å²) in [6, 6.07) is 18.2. The van der Waals surface area contributed by atoms with E-state index in [4.69, 9.17) is 4.74 Å². The van der Waals surface area contributed by atoms with Crippen molar-refractivity contribution in [1.82, 2.24) is 14.7 Å². The summed E-state index contributed by atoms with van der Waals surface area (Å²) < 4.78 is 30.9. The lowest BCUT2D eigenvalue weighted by Crippen LogP contribution is -2.28. The Balaban J connectivity index is 1.39. The van der Waals surface area contributed by atoms with Crippen molar-refractivity contribution in [2.24, 2.45) is 0 Å². The molecule has 0 aliphatic carbocycles. The van der Waals surface area contributed by atoms with Gasteiger partial charge in [-0.25, -0.2) is 13.1 Å². The van der Waals surface area contributed by atoms with Crippen LogP contribution in [0.4, 0.5) is 0 Å². The van der Waals surface area contributed by atoms with Crippen LogP contribution in [0.15, 0.2) is 65.6 Å². The molecule has 9 heteroatoms. The summed E-state index contributed by atoms with van der Waals surface area (Å²) in [5.74, 6) is 0.451. The van der Waals surface area contributed by atoms with Gasteiger partial charge in [0, 0.05) is 25.2 Å². The lowest BCUT2D eigenvalue weighted by Gasteiger charge is -2.16. The second kappa shape index (κ2) is 9.36. The van der Waals surface area contributed by atoms with Crippen LogP contribution in [0.25, 0.3) is 15.9 Å². The fourth-order valence-electron chi connectivity index (χ4n) is 3.47. The molecule has 0 bridgehead atoms. The molecule has 0 aliphatic heterocycles. The fourth-order valence-corrected chi connectivity index (χ4v) is 5.31. The van der Waals surface area contributed by atoms with Crippen molar-refractivity contribution in [1.29, 1.82) is 0 Å². The number of aromatic nitrogens is 2. The largest absolute Gasteiger partial charge is 0.493 e. The van der Waals surface area contributed by atoms with Crippen LogP contribution in [-0.4, -0.2) is 55.5 Å². The molecule has 4 aromatic rings. The monoisotopic (exact) mass is 483 g/mol. The number of sulfone groups is 1. The number of aryl methyl sites for hydroxylation is 1. The van der Waals surface area contributed by atoms with Gasteiger partial charge in [-0.1, -0.05) is 24.3 Å². The van der Waals surface area contributed by atoms with Crippen LogP contribution in [0.3, 0.4) is 0 Å². The molecule has 4 rings (SSSR count). The van der Waals surface area contributed by atoms with Crippen molar-refractivity contribution < 1.29 is 17.9 Å². The van der Waals surface area contributed by atoms with Crippen molar-refractivity contribution in [2.45, 2.75) is 18.2 Å². The predicted molar refractivity (Wildman–Crippen MR) is 130 cm³/mol. The van der Waals surface area contributed by atoms with E-state index in [-0.39, 0.29) is 10.8 Å². The molecule has 7 nitrogen and oxygen atoms in total. The number of fused-ring (bicyclic) bond motifs is 1. The number of thiophene rings is 1. The molecule has 2 heterocycles. The number of nitrogens with zero attached hydrogens (tertiary/aromatic N) is 3. The zero-order valence-corrected chi connectivity index (χ0v) is 20.3. The maximum absolute atomic E-state index is 13.0. The highest BCUT2D eigenvalue weighted by Crippen LogP contribution is 2.31. The van der Waals surface area contributed by atoms with E-state index in [1.54, 1.807) is 30.1 Å². The molecule has 0 saturated carbocycles. The molecule has 0 N–H and O–H groups in total. The summed E-state index contributed by atoms with van der Waals surface area (Å²) in [6.07, 6.45) is 1.78. The van der Waals surface area contributed by atoms with Gasteiger partial charge >= 0.3 is 0 Å². The maximum atomic E-state index is 13.0. The molecule has 0 aliphatic rings. The Bertz CT molecular complexity index is 1390. The highest BCUT2D eigenvalue weighted by atomic mass is 32.2. The first-order valence-electron chi connectivity index (χ1n) is 10.5. The Morgan fingerprint density at radius 1 is 1.12 bits per heavy atom. The third-order valence-corrected chi connectivity index (χ3v) is 7.45. The second-order valence-electron chi connectivity index (χ2n) is 7.84. The number of hydrogen-bond donors (Lipinski definition) is 0. The molecule has 33 heavy (non-hydrogen) atoms. The number of para-hydroxylation sites is 1. The second-order valence-corrected chi connectivity index (χ2v) is 10.9. The maximum Gasteiger partial charge on any atom is 0.263 e. The molecule has 0 unspecified atom stereocenters. The van der Waals surface area contributed by atoms with Crippen LogP contribution in [-0.2, 0) is 9.84 Å². The summed E-state index contributed by atoms with van der Waals surface area (Å²) in [5.41, 5.74) is 1.85. The first-order valence-corrected chi connectivity index (χ1v) is 13.2. The van der Waals surface area contributed by atoms with Gasteiger partial charge in [0.2, 0.25) is 0 Å². The zero-order valence-electron chi connectivity index (χ0n) is 18.7. The summed E-state index contributed by atoms with van der Waals surface area (Å²) in [7, 11) is -1.51. The Hall–Kier alpha value is -3.17. The molecule has 0 radical (unpaired) electrons. The minimum Gasteiger partial charge on any atom is -0.493 e. The Kier molecular flexibility index (Phi) is 6.53. The van der Waals surface area contributed by atoms with E-state index >= 15 is 0 Å². The highest BCUT2D eigenvalue weighted by Gasteiger charge is 2.19. The van der Waals surface area contributed by atoms with Gasteiger partial charge in [0.15, 0.2) is 9.84 Å². The lowest BCUT2D eigenvalue weighted by molar-refractivity contribution is 0.0792. The van der Waals surface area contributed by atoms with E-state index < -0.39 is 9.84 Å². The Morgan fingerprint density at radius 2 is 1.88 bits per heavy atom. The van der Waals surface area contributed by atoms with Gasteiger partial charge in [0.1, 0.15) is 10.6 Å². The van der Waals surface area contributed by atoms with Crippen LogP contribution >= 0.6 is 11.3 Å². The number of carbonyl (C=O) groups is 1. The van der Waals surface area contributed by atoms with E-state index in [0.29, 0.717) is 30.2 Å². The van der Waals surface area contributed by atoms with E-state index in [1.165, 1.54) is 23.7 Å². The van der Waals surface area contributed by atoms with Gasteiger partial charge in [-0.3, -0.25) is 4.79 Å². The smallest absolute Gasteiger partial charge is 0.263 e. The number of rotatable bonds is 8. The van der Waals surface area contributed by atoms with E-state index in [9.17, 15) is 13.2 Å². The van der Waals surface area contributed by atoms with Crippen molar-refractivity contribution in [3.8, 4) is 11.4 Å². The molecule has 0 atom stereocenters. The number of ether oxygens (including phenoxy) is 1. The average Bonchev–Trinajstić information content (AvgIpc) is 3.37. The summed E-state index contributed by atoms with van der Waals surface area (Å²) in [4.78, 5) is 16.5. The van der Waals surface area contributed by atoms with Crippen LogP contribution < -0.4 is 4.74 Å². The standard InChI is InChI=1S/C24H25N3O4S2/c1-17-21-16-22(32-24(21)27(25-17)18-9-5-4-6-10-18)23(28)26(2)13-8-14-31-19-11-7-12-20(15-19)33(3,29)30/h4-7,9-12,15-16H,8,13-14H2,1-3H3. The first-order chi connectivity index (χ1) is 15.7. The van der Waals surface area contributed by atoms with Gasteiger partial charge in [0.25, 0.3) is 5.91 Å². The van der Waals surface area contributed by atoms with Crippen LogP contribution in [0, 0.1) is 6.92 Å². The van der Waals surface area contributed by atoms with Gasteiger partial charge in [-0.15, -0.1) is 11.3 Å².